The van der Waals surface area contributed by atoms with E-state index in [1.54, 1.807) is 40.0 Å². The van der Waals surface area contributed by atoms with Crippen LogP contribution in [0.25, 0.3) is 16.6 Å². The number of hydrogen-bond donors (Lipinski definition) is 1. The second-order valence-electron chi connectivity index (χ2n) is 7.52. The Balaban J connectivity index is 1.52. The zero-order chi connectivity index (χ0) is 22.6. The maximum atomic E-state index is 13.5. The highest BCUT2D eigenvalue weighted by molar-refractivity contribution is 7.99. The van der Waals surface area contributed by atoms with Gasteiger partial charge in [-0.2, -0.15) is 13.2 Å². The topological polar surface area (TPSA) is 76.5 Å². The molecule has 1 atom stereocenters. The van der Waals surface area contributed by atoms with Gasteiger partial charge in [0.25, 0.3) is 5.91 Å². The summed E-state index contributed by atoms with van der Waals surface area (Å²) in [5.41, 5.74) is 8.49. The van der Waals surface area contributed by atoms with Gasteiger partial charge in [0.05, 0.1) is 35.2 Å². The van der Waals surface area contributed by atoms with E-state index in [4.69, 9.17) is 5.73 Å². The number of thioether (sulfide) groups is 1. The highest BCUT2D eigenvalue weighted by atomic mass is 32.2. The molecule has 0 fully saturated rings. The van der Waals surface area contributed by atoms with Crippen LogP contribution in [0.3, 0.4) is 0 Å². The van der Waals surface area contributed by atoms with Gasteiger partial charge in [-0.1, -0.05) is 6.07 Å². The molecule has 2 aromatic heterocycles. The number of nitrogen functional groups attached to an aromatic ring is 1. The Kier molecular flexibility index (Phi) is 4.77. The molecule has 4 aromatic rings. The molecule has 0 aliphatic carbocycles. The molecule has 0 saturated carbocycles. The number of benzene rings is 2. The number of nitrogens with zero attached hydrogens (tertiary/aromatic N) is 4. The Bertz CT molecular complexity index is 1370. The molecule has 0 spiro atoms. The zero-order valence-corrected chi connectivity index (χ0v) is 17.7. The van der Waals surface area contributed by atoms with Crippen molar-refractivity contribution in [2.24, 2.45) is 0 Å². The van der Waals surface area contributed by atoms with Crippen LogP contribution >= 0.6 is 11.8 Å². The number of nitrogens with two attached hydrogens (primary N) is 1. The third-order valence-corrected chi connectivity index (χ3v) is 6.85. The number of carbonyl (C=O) groups excluding carboxylic acids is 1. The summed E-state index contributed by atoms with van der Waals surface area (Å²) in [7, 11) is 0. The molecular weight excluding hydrogens is 439 g/mol. The van der Waals surface area contributed by atoms with E-state index < -0.39 is 11.7 Å². The van der Waals surface area contributed by atoms with Gasteiger partial charge in [-0.25, -0.2) is 9.97 Å². The normalized spacial score (nSPS) is 15.9. The van der Waals surface area contributed by atoms with Gasteiger partial charge >= 0.3 is 6.18 Å². The number of imidazole rings is 1. The standard InChI is InChI=1S/C22H18F3N5OS/c1-2-29(18-10-32-19-8-13(22(23,24)25)4-5-14(18)19)21(31)12-3-6-15-16(7-12)30-11-27-9-17(30)20(26)28-15/h3-9,11,18H,2,10H2,1H3,(H2,26,28)/t18-/m1/s1. The average Bonchev–Trinajstić information content (AvgIpc) is 3.41. The largest absolute Gasteiger partial charge is 0.416 e. The number of amides is 1. The van der Waals surface area contributed by atoms with Crippen molar-refractivity contribution < 1.29 is 18.0 Å². The quantitative estimate of drug-likeness (QED) is 0.479. The molecule has 6 nitrogen and oxygen atoms in total. The Morgan fingerprint density at radius 1 is 1.25 bits per heavy atom. The van der Waals surface area contributed by atoms with Crippen molar-refractivity contribution in [1.29, 1.82) is 0 Å². The molecule has 0 bridgehead atoms. The minimum atomic E-state index is -4.39. The predicted octanol–water partition coefficient (Wildman–Crippen LogP) is 4.79. The van der Waals surface area contributed by atoms with Crippen LogP contribution in [-0.4, -0.2) is 37.5 Å². The van der Waals surface area contributed by atoms with E-state index in [1.165, 1.54) is 23.9 Å². The van der Waals surface area contributed by atoms with Gasteiger partial charge in [0, 0.05) is 22.8 Å². The summed E-state index contributed by atoms with van der Waals surface area (Å²) in [5, 5.41) is 0. The van der Waals surface area contributed by atoms with Crippen LogP contribution in [0.4, 0.5) is 19.0 Å². The smallest absolute Gasteiger partial charge is 0.382 e. The molecule has 164 valence electrons. The van der Waals surface area contributed by atoms with Gasteiger partial charge in [0.1, 0.15) is 11.3 Å². The fourth-order valence-electron chi connectivity index (χ4n) is 4.11. The van der Waals surface area contributed by atoms with Gasteiger partial charge in [0.15, 0.2) is 0 Å². The fourth-order valence-corrected chi connectivity index (χ4v) is 5.38. The number of alkyl halides is 3. The van der Waals surface area contributed by atoms with Crippen molar-refractivity contribution >= 4 is 40.0 Å². The van der Waals surface area contributed by atoms with Crippen LogP contribution < -0.4 is 5.73 Å². The summed E-state index contributed by atoms with van der Waals surface area (Å²) in [6.07, 6.45) is -1.17. The lowest BCUT2D eigenvalue weighted by Gasteiger charge is -2.28. The summed E-state index contributed by atoms with van der Waals surface area (Å²) in [5.74, 6) is 0.660. The first kappa shape index (κ1) is 20.6. The van der Waals surface area contributed by atoms with E-state index in [1.807, 2.05) is 6.92 Å². The first-order valence-electron chi connectivity index (χ1n) is 9.94. The van der Waals surface area contributed by atoms with Gasteiger partial charge in [-0.3, -0.25) is 9.20 Å². The van der Waals surface area contributed by atoms with Crippen molar-refractivity contribution in [2.45, 2.75) is 24.0 Å². The lowest BCUT2D eigenvalue weighted by Crippen LogP contribution is -2.35. The van der Waals surface area contributed by atoms with Crippen LogP contribution in [-0.2, 0) is 6.18 Å². The number of rotatable bonds is 3. The number of anilines is 1. The monoisotopic (exact) mass is 457 g/mol. The van der Waals surface area contributed by atoms with Gasteiger partial charge in [-0.15, -0.1) is 11.8 Å². The Morgan fingerprint density at radius 2 is 2.06 bits per heavy atom. The molecular formula is C22H18F3N5OS. The highest BCUT2D eigenvalue weighted by Crippen LogP contribution is 2.44. The lowest BCUT2D eigenvalue weighted by molar-refractivity contribution is -0.137. The average molecular weight is 457 g/mol. The summed E-state index contributed by atoms with van der Waals surface area (Å²) in [6.45, 7) is 2.28. The van der Waals surface area contributed by atoms with E-state index in [0.29, 0.717) is 45.1 Å². The van der Waals surface area contributed by atoms with Gasteiger partial charge in [0.2, 0.25) is 0 Å². The van der Waals surface area contributed by atoms with Crippen LogP contribution in [0.5, 0.6) is 0 Å². The van der Waals surface area contributed by atoms with Crippen molar-refractivity contribution in [3.05, 3.63) is 65.6 Å². The van der Waals surface area contributed by atoms with Crippen molar-refractivity contribution in [3.63, 3.8) is 0 Å². The molecule has 1 aliphatic rings. The molecule has 0 radical (unpaired) electrons. The molecule has 10 heteroatoms. The Labute approximate surface area is 185 Å². The minimum Gasteiger partial charge on any atom is -0.382 e. The molecule has 32 heavy (non-hydrogen) atoms. The fraction of sp³-hybridized carbons (Fsp3) is 0.227. The van der Waals surface area contributed by atoms with E-state index in [9.17, 15) is 18.0 Å². The maximum absolute atomic E-state index is 13.5. The third kappa shape index (κ3) is 3.26. The number of aromatic nitrogens is 3. The minimum absolute atomic E-state index is 0.196. The molecule has 5 rings (SSSR count). The number of hydrogen-bond acceptors (Lipinski definition) is 5. The van der Waals surface area contributed by atoms with E-state index in [-0.39, 0.29) is 11.9 Å². The van der Waals surface area contributed by atoms with Gasteiger partial charge < -0.3 is 10.6 Å². The molecule has 2 N–H and O–H groups in total. The molecule has 2 aromatic carbocycles. The first-order chi connectivity index (χ1) is 15.3. The van der Waals surface area contributed by atoms with Crippen LogP contribution in [0, 0.1) is 0 Å². The maximum Gasteiger partial charge on any atom is 0.416 e. The number of halogens is 3. The van der Waals surface area contributed by atoms with Crippen LogP contribution in [0.1, 0.15) is 34.5 Å². The summed E-state index contributed by atoms with van der Waals surface area (Å²) < 4.78 is 41.0. The zero-order valence-electron chi connectivity index (χ0n) is 16.9. The lowest BCUT2D eigenvalue weighted by atomic mass is 10.0. The van der Waals surface area contributed by atoms with Crippen molar-refractivity contribution in [3.8, 4) is 0 Å². The number of carbonyl (C=O) groups is 1. The molecule has 0 unspecified atom stereocenters. The molecule has 0 saturated heterocycles. The summed E-state index contributed by atoms with van der Waals surface area (Å²) >= 11 is 1.34. The molecule has 3 heterocycles. The van der Waals surface area contributed by atoms with E-state index in [0.717, 1.165) is 11.6 Å². The predicted molar refractivity (Wildman–Crippen MR) is 117 cm³/mol. The first-order valence-corrected chi connectivity index (χ1v) is 10.9. The second-order valence-corrected chi connectivity index (χ2v) is 8.58. The molecule has 1 aliphatic heterocycles. The van der Waals surface area contributed by atoms with Gasteiger partial charge in [-0.05, 0) is 42.8 Å². The second kappa shape index (κ2) is 7.40. The van der Waals surface area contributed by atoms with E-state index >= 15 is 0 Å². The van der Waals surface area contributed by atoms with Crippen molar-refractivity contribution in [2.75, 3.05) is 18.0 Å². The van der Waals surface area contributed by atoms with Crippen LogP contribution in [0.15, 0.2) is 53.8 Å². The number of fused-ring (bicyclic) bond motifs is 4. The van der Waals surface area contributed by atoms with E-state index in [2.05, 4.69) is 9.97 Å². The summed E-state index contributed by atoms with van der Waals surface area (Å²) in [4.78, 5) is 24.2. The van der Waals surface area contributed by atoms with Crippen LogP contribution in [0.2, 0.25) is 0 Å². The third-order valence-electron chi connectivity index (χ3n) is 5.70. The molecule has 1 amide bonds. The Hall–Kier alpha value is -3.27. The van der Waals surface area contributed by atoms with Crippen molar-refractivity contribution in [1.82, 2.24) is 19.3 Å². The SMILES string of the molecule is CCN(C(=O)c1ccc2nc(N)c3cncn3c2c1)[C@@H]1CSc2cc(C(F)(F)F)ccc21. The highest BCUT2D eigenvalue weighted by Gasteiger charge is 2.35. The summed E-state index contributed by atoms with van der Waals surface area (Å²) in [6, 6.07) is 8.61. The Morgan fingerprint density at radius 3 is 2.81 bits per heavy atom.